The number of nitrogens with zero attached hydrogens (tertiary/aromatic N) is 1. The van der Waals surface area contributed by atoms with Crippen molar-refractivity contribution in [2.45, 2.75) is 227 Å². The van der Waals surface area contributed by atoms with Crippen LogP contribution < -0.4 is 0 Å². The van der Waals surface area contributed by atoms with Gasteiger partial charge in [0.25, 0.3) is 0 Å². The Balaban J connectivity index is 1.20. The first-order valence-corrected chi connectivity index (χ1v) is 28.5. The summed E-state index contributed by atoms with van der Waals surface area (Å²) in [5.41, 5.74) is 2.08. The van der Waals surface area contributed by atoms with Crippen molar-refractivity contribution in [3.63, 3.8) is 0 Å². The number of rotatable bonds is 33. The van der Waals surface area contributed by atoms with Crippen molar-refractivity contribution in [1.29, 1.82) is 0 Å². The molecule has 0 aromatic heterocycles. The van der Waals surface area contributed by atoms with E-state index in [0.29, 0.717) is 29.0 Å². The van der Waals surface area contributed by atoms with Crippen LogP contribution in [0.15, 0.2) is 11.6 Å². The molecule has 9 nitrogen and oxygen atoms in total. The fourth-order valence-electron chi connectivity index (χ4n) is 12.8. The van der Waals surface area contributed by atoms with Gasteiger partial charge in [-0.25, -0.2) is 9.36 Å². The van der Waals surface area contributed by atoms with Crippen molar-refractivity contribution >= 4 is 14.0 Å². The Morgan fingerprint density at radius 3 is 2.00 bits per heavy atom. The number of hydrogen-bond acceptors (Lipinski definition) is 7. The average Bonchev–Trinajstić information content (AvgIpc) is 3.59. The van der Waals surface area contributed by atoms with Gasteiger partial charge in [0.15, 0.2) is 6.10 Å². The summed E-state index contributed by atoms with van der Waals surface area (Å²) in [4.78, 5) is 23.8. The topological polar surface area (TPSA) is 101 Å². The monoisotopic (exact) mass is 923 g/mol. The standard InChI is InChI=1S/C54H100NO8P/c1-10-11-12-13-14-15-16-17-18-19-20-21-22-23-24-25-38-59-41-47(42-61-64(57,58)60-39-37-55(7,8)9)63-52(56)62-46-33-35-53(5)45(40-46)29-30-48-50-32-31-49(44(4)28-26-27-43(2)3)54(50,6)36-34-51(48)53/h29,43-44,46-51H,10-28,30-42H2,1-9H3/p+1/t44-,46+,47?,48+,49-,50+,51+,53+,54-/m1/s1. The third-order valence-corrected chi connectivity index (χ3v) is 17.7. The molecule has 4 rings (SSSR count). The SMILES string of the molecule is CCCCCCCCCCCCCCCCCCOCC(COP(=O)(O)OCC[N+](C)(C)C)OC(=O)O[C@H]1CC[C@@]2(C)C(=CC[C@H]3[C@@H]4CC[C@H]([C@H](C)CCCC(C)C)[C@@]4(C)CC[C@@H]32)C1. The van der Waals surface area contributed by atoms with E-state index in [-0.39, 0.29) is 31.3 Å². The van der Waals surface area contributed by atoms with Crippen LogP contribution in [0.1, 0.15) is 215 Å². The molecule has 0 bridgehead atoms. The van der Waals surface area contributed by atoms with Gasteiger partial charge in [0.2, 0.25) is 0 Å². The molecule has 1 N–H and O–H groups in total. The number of carbonyl (C=O) groups is 1. The zero-order chi connectivity index (χ0) is 46.6. The Morgan fingerprint density at radius 2 is 1.39 bits per heavy atom. The van der Waals surface area contributed by atoms with Crippen LogP contribution in [-0.4, -0.2) is 81.9 Å². The lowest BCUT2D eigenvalue weighted by Gasteiger charge is -2.58. The number of carbonyl (C=O) groups excluding carboxylic acids is 1. The summed E-state index contributed by atoms with van der Waals surface area (Å²) in [6, 6.07) is 0. The lowest BCUT2D eigenvalue weighted by molar-refractivity contribution is -0.870. The van der Waals surface area contributed by atoms with Crippen LogP contribution >= 0.6 is 7.82 Å². The first kappa shape index (κ1) is 55.6. The molecule has 0 heterocycles. The van der Waals surface area contributed by atoms with Gasteiger partial charge < -0.3 is 23.6 Å². The average molecular weight is 923 g/mol. The first-order chi connectivity index (χ1) is 30.5. The highest BCUT2D eigenvalue weighted by Crippen LogP contribution is 2.67. The molecular formula is C54H101NO8P+. The Bertz CT molecular complexity index is 1400. The van der Waals surface area contributed by atoms with Crippen molar-refractivity contribution in [3.05, 3.63) is 11.6 Å². The minimum atomic E-state index is -4.36. The Labute approximate surface area is 393 Å². The Kier molecular flexibility index (Phi) is 24.2. The zero-order valence-electron chi connectivity index (χ0n) is 43.0. The number of phosphoric ester groups is 1. The van der Waals surface area contributed by atoms with Crippen LogP contribution in [0.3, 0.4) is 0 Å². The van der Waals surface area contributed by atoms with E-state index in [0.717, 1.165) is 68.1 Å². The molecule has 64 heavy (non-hydrogen) atoms. The van der Waals surface area contributed by atoms with Gasteiger partial charge in [-0.3, -0.25) is 9.05 Å². The lowest BCUT2D eigenvalue weighted by atomic mass is 9.47. The maximum atomic E-state index is 13.4. The normalized spacial score (nSPS) is 28.7. The smallest absolute Gasteiger partial charge is 0.431 e. The minimum Gasteiger partial charge on any atom is -0.431 e. The van der Waals surface area contributed by atoms with Crippen molar-refractivity contribution < 1.29 is 42.0 Å². The highest BCUT2D eigenvalue weighted by Gasteiger charge is 2.59. The summed E-state index contributed by atoms with van der Waals surface area (Å²) in [6.07, 6.45) is 34.8. The zero-order valence-corrected chi connectivity index (χ0v) is 43.9. The van der Waals surface area contributed by atoms with E-state index >= 15 is 0 Å². The van der Waals surface area contributed by atoms with E-state index in [2.05, 4.69) is 47.6 Å². The van der Waals surface area contributed by atoms with Crippen molar-refractivity contribution in [1.82, 2.24) is 0 Å². The molecule has 10 atom stereocenters. The van der Waals surface area contributed by atoms with Crippen LogP contribution in [0, 0.1) is 46.3 Å². The fraction of sp³-hybridized carbons (Fsp3) is 0.944. The third kappa shape index (κ3) is 18.5. The van der Waals surface area contributed by atoms with E-state index < -0.39 is 20.1 Å². The number of allylic oxidation sites excluding steroid dienone is 1. The molecule has 2 unspecified atom stereocenters. The quantitative estimate of drug-likeness (QED) is 0.0228. The number of fused-ring (bicyclic) bond motifs is 5. The van der Waals surface area contributed by atoms with Crippen molar-refractivity contribution in [2.75, 3.05) is 54.1 Å². The number of phosphoric acid groups is 1. The second kappa shape index (κ2) is 27.9. The van der Waals surface area contributed by atoms with Gasteiger partial charge in [-0.05, 0) is 97.7 Å². The van der Waals surface area contributed by atoms with Crippen molar-refractivity contribution in [2.24, 2.45) is 46.3 Å². The van der Waals surface area contributed by atoms with E-state index in [9.17, 15) is 14.3 Å². The Morgan fingerprint density at radius 1 is 0.766 bits per heavy atom. The van der Waals surface area contributed by atoms with E-state index in [4.69, 9.17) is 23.3 Å². The summed E-state index contributed by atoms with van der Waals surface area (Å²) in [7, 11) is 1.60. The maximum absolute atomic E-state index is 13.4. The molecule has 0 saturated heterocycles. The summed E-state index contributed by atoms with van der Waals surface area (Å²) >= 11 is 0. The largest absolute Gasteiger partial charge is 0.508 e. The number of ether oxygens (including phenoxy) is 3. The molecule has 0 aliphatic heterocycles. The van der Waals surface area contributed by atoms with Crippen LogP contribution in [-0.2, 0) is 27.8 Å². The van der Waals surface area contributed by atoms with Gasteiger partial charge in [-0.15, -0.1) is 0 Å². The molecule has 4 aliphatic rings. The highest BCUT2D eigenvalue weighted by atomic mass is 31.2. The lowest BCUT2D eigenvalue weighted by Crippen LogP contribution is -2.51. The van der Waals surface area contributed by atoms with Gasteiger partial charge in [0.05, 0.1) is 34.4 Å². The molecule has 0 aromatic carbocycles. The minimum absolute atomic E-state index is 0.0569. The molecule has 3 saturated carbocycles. The van der Waals surface area contributed by atoms with Gasteiger partial charge >= 0.3 is 14.0 Å². The predicted octanol–water partition coefficient (Wildman–Crippen LogP) is 15.0. The molecule has 0 amide bonds. The van der Waals surface area contributed by atoms with Gasteiger partial charge in [0.1, 0.15) is 19.3 Å². The highest BCUT2D eigenvalue weighted by molar-refractivity contribution is 7.47. The van der Waals surface area contributed by atoms with Crippen LogP contribution in [0.2, 0.25) is 0 Å². The molecule has 10 heteroatoms. The number of unbranched alkanes of at least 4 members (excludes halogenated alkanes) is 15. The predicted molar refractivity (Wildman–Crippen MR) is 263 cm³/mol. The van der Waals surface area contributed by atoms with Gasteiger partial charge in [-0.2, -0.15) is 0 Å². The molecule has 0 radical (unpaired) electrons. The van der Waals surface area contributed by atoms with E-state index in [1.807, 2.05) is 21.1 Å². The fourth-order valence-corrected chi connectivity index (χ4v) is 13.5. The summed E-state index contributed by atoms with van der Waals surface area (Å²) < 4.78 is 41.8. The molecule has 4 aliphatic carbocycles. The number of hydrogen-bond donors (Lipinski definition) is 1. The maximum Gasteiger partial charge on any atom is 0.508 e. The molecule has 374 valence electrons. The third-order valence-electron chi connectivity index (χ3n) is 16.7. The molecular weight excluding hydrogens is 822 g/mol. The van der Waals surface area contributed by atoms with Crippen LogP contribution in [0.4, 0.5) is 4.79 Å². The molecule has 3 fully saturated rings. The molecule has 0 spiro atoms. The van der Waals surface area contributed by atoms with E-state index in [1.54, 1.807) is 0 Å². The van der Waals surface area contributed by atoms with Gasteiger partial charge in [-0.1, -0.05) is 169 Å². The second-order valence-corrected chi connectivity index (χ2v) is 24.7. The van der Waals surface area contributed by atoms with Crippen LogP contribution in [0.25, 0.3) is 0 Å². The van der Waals surface area contributed by atoms with Gasteiger partial charge in [0, 0.05) is 13.0 Å². The summed E-state index contributed by atoms with van der Waals surface area (Å²) in [5, 5.41) is 0. The molecule has 0 aromatic rings. The summed E-state index contributed by atoms with van der Waals surface area (Å²) in [6.45, 7) is 15.6. The second-order valence-electron chi connectivity index (χ2n) is 23.3. The van der Waals surface area contributed by atoms with Crippen molar-refractivity contribution in [3.8, 4) is 0 Å². The summed E-state index contributed by atoms with van der Waals surface area (Å²) in [5.74, 6) is 4.71. The Hall–Kier alpha value is -0.960. The van der Waals surface area contributed by atoms with Crippen LogP contribution in [0.5, 0.6) is 0 Å². The van der Waals surface area contributed by atoms with E-state index in [1.165, 1.54) is 140 Å². The number of quaternary nitrogens is 1. The first-order valence-electron chi connectivity index (χ1n) is 27.0. The number of likely N-dealkylation sites (N-methyl/N-ethyl adjacent to an activating group) is 1.